The molecule has 1 aliphatic rings. The van der Waals surface area contributed by atoms with Crippen molar-refractivity contribution in [3.63, 3.8) is 0 Å². The molecule has 0 aliphatic carbocycles. The van der Waals surface area contributed by atoms with Crippen LogP contribution in [0.3, 0.4) is 0 Å². The summed E-state index contributed by atoms with van der Waals surface area (Å²) in [5, 5.41) is 9.20. The number of esters is 1. The fourth-order valence-electron chi connectivity index (χ4n) is 2.28. The van der Waals surface area contributed by atoms with E-state index in [0.29, 0.717) is 5.57 Å². The SMILES string of the molecule is C=C1C(=O)O[C@H](CCCCCCCC)[C@H]1CO. The van der Waals surface area contributed by atoms with Gasteiger partial charge in [-0.2, -0.15) is 0 Å². The number of carbonyl (C=O) groups excluding carboxylic acids is 1. The summed E-state index contributed by atoms with van der Waals surface area (Å²) < 4.78 is 5.21. The summed E-state index contributed by atoms with van der Waals surface area (Å²) >= 11 is 0. The number of aliphatic hydroxyl groups is 1. The minimum Gasteiger partial charge on any atom is -0.458 e. The van der Waals surface area contributed by atoms with Crippen LogP contribution in [0.15, 0.2) is 12.2 Å². The van der Waals surface area contributed by atoms with E-state index in [1.165, 1.54) is 32.1 Å². The lowest BCUT2D eigenvalue weighted by molar-refractivity contribution is -0.139. The first-order valence-corrected chi connectivity index (χ1v) is 6.71. The lowest BCUT2D eigenvalue weighted by Gasteiger charge is -2.14. The normalized spacial score (nSPS) is 24.1. The summed E-state index contributed by atoms with van der Waals surface area (Å²) in [5.41, 5.74) is 0.434. The smallest absolute Gasteiger partial charge is 0.334 e. The van der Waals surface area contributed by atoms with Crippen LogP contribution in [0.25, 0.3) is 0 Å². The molecule has 1 saturated heterocycles. The molecule has 2 atom stereocenters. The van der Waals surface area contributed by atoms with Crippen molar-refractivity contribution in [2.24, 2.45) is 5.92 Å². The number of ether oxygens (including phenoxy) is 1. The Morgan fingerprint density at radius 3 is 2.53 bits per heavy atom. The monoisotopic (exact) mass is 240 g/mol. The molecule has 0 unspecified atom stereocenters. The second kappa shape index (κ2) is 7.49. The highest BCUT2D eigenvalue weighted by Gasteiger charge is 2.37. The highest BCUT2D eigenvalue weighted by Crippen LogP contribution is 2.29. The third kappa shape index (κ3) is 4.15. The van der Waals surface area contributed by atoms with Crippen LogP contribution >= 0.6 is 0 Å². The zero-order valence-electron chi connectivity index (χ0n) is 10.8. The second-order valence-electron chi connectivity index (χ2n) is 4.81. The molecule has 0 spiro atoms. The Balaban J connectivity index is 2.18. The van der Waals surface area contributed by atoms with Gasteiger partial charge in [0.1, 0.15) is 6.10 Å². The molecule has 0 saturated carbocycles. The van der Waals surface area contributed by atoms with Crippen LogP contribution < -0.4 is 0 Å². The quantitative estimate of drug-likeness (QED) is 0.403. The molecule has 3 nitrogen and oxygen atoms in total. The molecule has 1 aliphatic heterocycles. The predicted molar refractivity (Wildman–Crippen MR) is 67.6 cm³/mol. The first kappa shape index (κ1) is 14.2. The van der Waals surface area contributed by atoms with Gasteiger partial charge in [-0.3, -0.25) is 0 Å². The minimum absolute atomic E-state index is 0.0366. The van der Waals surface area contributed by atoms with Crippen molar-refractivity contribution >= 4 is 5.97 Å². The molecule has 0 amide bonds. The van der Waals surface area contributed by atoms with E-state index in [0.717, 1.165) is 12.8 Å². The van der Waals surface area contributed by atoms with Crippen LogP contribution in [0, 0.1) is 5.92 Å². The molecule has 1 N–H and O–H groups in total. The lowest BCUT2D eigenvalue weighted by atomic mass is 9.94. The van der Waals surface area contributed by atoms with E-state index >= 15 is 0 Å². The zero-order chi connectivity index (χ0) is 12.7. The van der Waals surface area contributed by atoms with Gasteiger partial charge in [0.15, 0.2) is 0 Å². The molecular formula is C14H24O3. The van der Waals surface area contributed by atoms with Crippen LogP contribution in [0.5, 0.6) is 0 Å². The van der Waals surface area contributed by atoms with Gasteiger partial charge in [0.05, 0.1) is 12.5 Å². The summed E-state index contributed by atoms with van der Waals surface area (Å²) in [5.74, 6) is -0.516. The predicted octanol–water partition coefficient (Wildman–Crippen LogP) is 2.83. The Kier molecular flexibility index (Phi) is 6.27. The minimum atomic E-state index is -0.333. The third-order valence-corrected chi connectivity index (χ3v) is 3.46. The Morgan fingerprint density at radius 1 is 1.24 bits per heavy atom. The topological polar surface area (TPSA) is 46.5 Å². The first-order chi connectivity index (χ1) is 8.20. The van der Waals surface area contributed by atoms with Crippen molar-refractivity contribution in [3.8, 4) is 0 Å². The zero-order valence-corrected chi connectivity index (χ0v) is 10.8. The van der Waals surface area contributed by atoms with E-state index < -0.39 is 0 Å². The average molecular weight is 240 g/mol. The van der Waals surface area contributed by atoms with Crippen LogP contribution in [0.1, 0.15) is 51.9 Å². The Hall–Kier alpha value is -0.830. The van der Waals surface area contributed by atoms with Crippen molar-refractivity contribution in [2.75, 3.05) is 6.61 Å². The number of aliphatic hydroxyl groups excluding tert-OH is 1. The van der Waals surface area contributed by atoms with Gasteiger partial charge in [0.2, 0.25) is 0 Å². The molecule has 0 bridgehead atoms. The number of hydrogen-bond donors (Lipinski definition) is 1. The largest absolute Gasteiger partial charge is 0.458 e. The van der Waals surface area contributed by atoms with E-state index in [4.69, 9.17) is 4.74 Å². The van der Waals surface area contributed by atoms with E-state index in [2.05, 4.69) is 13.5 Å². The molecule has 1 heterocycles. The van der Waals surface area contributed by atoms with Gasteiger partial charge in [-0.1, -0.05) is 45.6 Å². The van der Waals surface area contributed by atoms with Gasteiger partial charge in [0, 0.05) is 5.57 Å². The lowest BCUT2D eigenvalue weighted by Crippen LogP contribution is -2.19. The fraction of sp³-hybridized carbons (Fsp3) is 0.786. The molecule has 3 heteroatoms. The van der Waals surface area contributed by atoms with Crippen molar-refractivity contribution in [1.29, 1.82) is 0 Å². The number of unbranched alkanes of at least 4 members (excludes halogenated alkanes) is 5. The highest BCUT2D eigenvalue weighted by atomic mass is 16.6. The van der Waals surface area contributed by atoms with Gasteiger partial charge in [-0.05, 0) is 12.8 Å². The Morgan fingerprint density at radius 2 is 1.88 bits per heavy atom. The molecule has 0 aromatic heterocycles. The molecule has 0 aromatic rings. The third-order valence-electron chi connectivity index (χ3n) is 3.46. The van der Waals surface area contributed by atoms with Gasteiger partial charge in [-0.15, -0.1) is 0 Å². The van der Waals surface area contributed by atoms with Crippen LogP contribution in [-0.4, -0.2) is 23.8 Å². The molecule has 17 heavy (non-hydrogen) atoms. The summed E-state index contributed by atoms with van der Waals surface area (Å²) in [6.45, 7) is 5.84. The number of cyclic esters (lactones) is 1. The first-order valence-electron chi connectivity index (χ1n) is 6.71. The highest BCUT2D eigenvalue weighted by molar-refractivity contribution is 5.90. The molecule has 0 radical (unpaired) electrons. The second-order valence-corrected chi connectivity index (χ2v) is 4.81. The Bertz CT molecular complexity index is 260. The summed E-state index contributed by atoms with van der Waals surface area (Å²) in [6, 6.07) is 0. The fourth-order valence-corrected chi connectivity index (χ4v) is 2.28. The van der Waals surface area contributed by atoms with Crippen molar-refractivity contribution in [2.45, 2.75) is 58.0 Å². The van der Waals surface area contributed by atoms with Crippen LogP contribution in [0.2, 0.25) is 0 Å². The van der Waals surface area contributed by atoms with Crippen LogP contribution in [-0.2, 0) is 9.53 Å². The molecule has 1 rings (SSSR count). The summed E-state index contributed by atoms with van der Waals surface area (Å²) in [4.78, 5) is 11.3. The maximum atomic E-state index is 11.3. The standard InChI is InChI=1S/C14H24O3/c1-3-4-5-6-7-8-9-13-12(10-15)11(2)14(16)17-13/h12-13,15H,2-10H2,1H3/t12-,13+/m0/s1. The van der Waals surface area contributed by atoms with Gasteiger partial charge in [0.25, 0.3) is 0 Å². The average Bonchev–Trinajstić information content (AvgIpc) is 2.59. The number of carbonyl (C=O) groups is 1. The molecule has 1 fully saturated rings. The summed E-state index contributed by atoms with van der Waals surface area (Å²) in [6.07, 6.45) is 8.04. The van der Waals surface area contributed by atoms with E-state index in [9.17, 15) is 9.90 Å². The Labute approximate surface area is 104 Å². The number of rotatable bonds is 8. The molecule has 0 aromatic carbocycles. The van der Waals surface area contributed by atoms with E-state index in [1.807, 2.05) is 0 Å². The van der Waals surface area contributed by atoms with Gasteiger partial charge >= 0.3 is 5.97 Å². The van der Waals surface area contributed by atoms with Crippen molar-refractivity contribution < 1.29 is 14.6 Å². The van der Waals surface area contributed by atoms with Crippen molar-refractivity contribution in [3.05, 3.63) is 12.2 Å². The van der Waals surface area contributed by atoms with Gasteiger partial charge < -0.3 is 9.84 Å². The molecule has 98 valence electrons. The van der Waals surface area contributed by atoms with E-state index in [1.54, 1.807) is 0 Å². The number of hydrogen-bond acceptors (Lipinski definition) is 3. The van der Waals surface area contributed by atoms with Crippen LogP contribution in [0.4, 0.5) is 0 Å². The summed E-state index contributed by atoms with van der Waals surface area (Å²) in [7, 11) is 0. The maximum absolute atomic E-state index is 11.3. The van der Waals surface area contributed by atoms with Crippen molar-refractivity contribution in [1.82, 2.24) is 0 Å². The molecular weight excluding hydrogens is 216 g/mol. The van der Waals surface area contributed by atoms with E-state index in [-0.39, 0.29) is 24.6 Å². The van der Waals surface area contributed by atoms with Gasteiger partial charge in [-0.25, -0.2) is 4.79 Å². The maximum Gasteiger partial charge on any atom is 0.334 e.